The molecule has 1 amide bonds. The Morgan fingerprint density at radius 1 is 1.35 bits per heavy atom. The largest absolute Gasteiger partial charge is 0.398 e. The van der Waals surface area contributed by atoms with Gasteiger partial charge in [-0.2, -0.15) is 0 Å². The average molecular weight is 339 g/mol. The summed E-state index contributed by atoms with van der Waals surface area (Å²) in [4.78, 5) is 12.4. The number of nitrogens with one attached hydrogen (secondary N) is 1. The highest BCUT2D eigenvalue weighted by atomic mass is 79.9. The summed E-state index contributed by atoms with van der Waals surface area (Å²) in [5.41, 5.74) is 8.32. The van der Waals surface area contributed by atoms with Gasteiger partial charge in [0.2, 0.25) is 0 Å². The second kappa shape index (κ2) is 6.17. The van der Waals surface area contributed by atoms with Gasteiger partial charge in [-0.05, 0) is 42.9 Å². The van der Waals surface area contributed by atoms with Crippen molar-refractivity contribution >= 4 is 27.5 Å². The first-order chi connectivity index (χ1) is 9.41. The zero-order chi connectivity index (χ0) is 14.8. The van der Waals surface area contributed by atoms with Gasteiger partial charge in [-0.1, -0.05) is 42.1 Å². The van der Waals surface area contributed by atoms with Crippen LogP contribution in [0, 0.1) is 12.3 Å². The first-order valence-corrected chi connectivity index (χ1v) is 8.04. The van der Waals surface area contributed by atoms with Gasteiger partial charge in [-0.15, -0.1) is 0 Å². The van der Waals surface area contributed by atoms with Crippen LogP contribution in [-0.2, 0) is 0 Å². The number of nitrogen functional groups attached to an aromatic ring is 1. The van der Waals surface area contributed by atoms with Crippen molar-refractivity contribution in [2.24, 2.45) is 5.41 Å². The number of hydrogen-bond donors (Lipinski definition) is 2. The summed E-state index contributed by atoms with van der Waals surface area (Å²) in [5.74, 6) is -0.0256. The van der Waals surface area contributed by atoms with Crippen molar-refractivity contribution in [1.82, 2.24) is 5.32 Å². The molecule has 4 heteroatoms. The summed E-state index contributed by atoms with van der Waals surface area (Å²) in [6.07, 6.45) is 6.27. The summed E-state index contributed by atoms with van der Waals surface area (Å²) in [7, 11) is 0. The molecular formula is C16H23BrN2O. The van der Waals surface area contributed by atoms with Crippen LogP contribution in [0.5, 0.6) is 0 Å². The fourth-order valence-corrected chi connectivity index (χ4v) is 3.38. The molecule has 1 aromatic rings. The Hall–Kier alpha value is -1.03. The van der Waals surface area contributed by atoms with E-state index in [1.165, 1.54) is 32.1 Å². The molecule has 1 saturated carbocycles. The smallest absolute Gasteiger partial charge is 0.251 e. The summed E-state index contributed by atoms with van der Waals surface area (Å²) in [6.45, 7) is 4.91. The van der Waals surface area contributed by atoms with E-state index in [2.05, 4.69) is 28.2 Å². The van der Waals surface area contributed by atoms with Gasteiger partial charge in [0.25, 0.3) is 5.91 Å². The summed E-state index contributed by atoms with van der Waals surface area (Å²) in [6, 6.07) is 3.67. The number of nitrogens with two attached hydrogens (primary N) is 1. The molecule has 0 heterocycles. The highest BCUT2D eigenvalue weighted by Gasteiger charge is 2.27. The normalized spacial score (nSPS) is 17.8. The predicted octanol–water partition coefficient (Wildman–Crippen LogP) is 4.04. The second-order valence-corrected chi connectivity index (χ2v) is 7.14. The Kier molecular flexibility index (Phi) is 4.74. The molecule has 0 bridgehead atoms. The Morgan fingerprint density at radius 3 is 2.65 bits per heavy atom. The van der Waals surface area contributed by atoms with E-state index in [0.717, 1.165) is 16.6 Å². The number of benzene rings is 1. The monoisotopic (exact) mass is 338 g/mol. The van der Waals surface area contributed by atoms with E-state index in [9.17, 15) is 4.79 Å². The Balaban J connectivity index is 2.05. The molecule has 0 aromatic heterocycles. The van der Waals surface area contributed by atoms with Gasteiger partial charge in [-0.3, -0.25) is 4.79 Å². The van der Waals surface area contributed by atoms with Crippen LogP contribution in [0.3, 0.4) is 0 Å². The SMILES string of the molecule is Cc1c(N)cc(Br)cc1C(=O)NCC1(C)CCCCC1. The summed E-state index contributed by atoms with van der Waals surface area (Å²) in [5, 5.41) is 3.09. The predicted molar refractivity (Wildman–Crippen MR) is 86.8 cm³/mol. The van der Waals surface area contributed by atoms with Gasteiger partial charge < -0.3 is 11.1 Å². The van der Waals surface area contributed by atoms with E-state index < -0.39 is 0 Å². The molecule has 110 valence electrons. The minimum Gasteiger partial charge on any atom is -0.398 e. The highest BCUT2D eigenvalue weighted by molar-refractivity contribution is 9.10. The van der Waals surface area contributed by atoms with Gasteiger partial charge in [0, 0.05) is 22.3 Å². The minimum absolute atomic E-state index is 0.0256. The van der Waals surface area contributed by atoms with Crippen LogP contribution in [0.1, 0.15) is 54.9 Å². The quantitative estimate of drug-likeness (QED) is 0.817. The maximum absolute atomic E-state index is 12.4. The van der Waals surface area contributed by atoms with Crippen LogP contribution in [0.4, 0.5) is 5.69 Å². The van der Waals surface area contributed by atoms with Crippen LogP contribution in [0.2, 0.25) is 0 Å². The lowest BCUT2D eigenvalue weighted by atomic mass is 9.76. The number of hydrogen-bond acceptors (Lipinski definition) is 2. The van der Waals surface area contributed by atoms with Crippen molar-refractivity contribution in [3.63, 3.8) is 0 Å². The lowest BCUT2D eigenvalue weighted by molar-refractivity contribution is 0.0918. The maximum atomic E-state index is 12.4. The van der Waals surface area contributed by atoms with E-state index in [-0.39, 0.29) is 11.3 Å². The number of halogens is 1. The Labute approximate surface area is 129 Å². The molecule has 20 heavy (non-hydrogen) atoms. The van der Waals surface area contributed by atoms with Crippen molar-refractivity contribution in [3.05, 3.63) is 27.7 Å². The van der Waals surface area contributed by atoms with Crippen LogP contribution in [0.25, 0.3) is 0 Å². The zero-order valence-electron chi connectivity index (χ0n) is 12.3. The van der Waals surface area contributed by atoms with Crippen LogP contribution in [-0.4, -0.2) is 12.5 Å². The van der Waals surface area contributed by atoms with Crippen LogP contribution >= 0.6 is 15.9 Å². The van der Waals surface area contributed by atoms with E-state index in [0.29, 0.717) is 11.3 Å². The summed E-state index contributed by atoms with van der Waals surface area (Å²) < 4.78 is 0.842. The first-order valence-electron chi connectivity index (χ1n) is 7.25. The van der Waals surface area contributed by atoms with E-state index in [1.54, 1.807) is 0 Å². The van der Waals surface area contributed by atoms with E-state index in [1.807, 2.05) is 19.1 Å². The van der Waals surface area contributed by atoms with Crippen molar-refractivity contribution in [2.75, 3.05) is 12.3 Å². The molecule has 1 aliphatic rings. The third-order valence-electron chi connectivity index (χ3n) is 4.39. The number of amides is 1. The van der Waals surface area contributed by atoms with Crippen LogP contribution < -0.4 is 11.1 Å². The molecule has 3 nitrogen and oxygen atoms in total. The topological polar surface area (TPSA) is 55.1 Å². The number of carbonyl (C=O) groups is 1. The number of anilines is 1. The standard InChI is InChI=1S/C16H23BrN2O/c1-11-13(8-12(17)9-14(11)18)15(20)19-10-16(2)6-4-3-5-7-16/h8-9H,3-7,10,18H2,1-2H3,(H,19,20). The third-order valence-corrected chi connectivity index (χ3v) is 4.85. The lowest BCUT2D eigenvalue weighted by Gasteiger charge is -2.33. The highest BCUT2D eigenvalue weighted by Crippen LogP contribution is 2.35. The fraction of sp³-hybridized carbons (Fsp3) is 0.562. The van der Waals surface area contributed by atoms with E-state index in [4.69, 9.17) is 5.73 Å². The first kappa shape index (κ1) is 15.4. The number of rotatable bonds is 3. The molecule has 0 saturated heterocycles. The van der Waals surface area contributed by atoms with Gasteiger partial charge in [0.1, 0.15) is 0 Å². The van der Waals surface area contributed by atoms with Crippen molar-refractivity contribution < 1.29 is 4.79 Å². The molecule has 1 aromatic carbocycles. The molecule has 0 atom stereocenters. The third kappa shape index (κ3) is 3.54. The van der Waals surface area contributed by atoms with Gasteiger partial charge in [0.15, 0.2) is 0 Å². The molecule has 0 radical (unpaired) electrons. The Morgan fingerprint density at radius 2 is 2.00 bits per heavy atom. The fourth-order valence-electron chi connectivity index (χ4n) is 2.91. The van der Waals surface area contributed by atoms with Crippen molar-refractivity contribution in [2.45, 2.75) is 46.0 Å². The molecule has 2 rings (SSSR count). The summed E-state index contributed by atoms with van der Waals surface area (Å²) >= 11 is 3.39. The van der Waals surface area contributed by atoms with Crippen molar-refractivity contribution in [3.8, 4) is 0 Å². The van der Waals surface area contributed by atoms with Gasteiger partial charge >= 0.3 is 0 Å². The zero-order valence-corrected chi connectivity index (χ0v) is 13.8. The number of carbonyl (C=O) groups excluding carboxylic acids is 1. The van der Waals surface area contributed by atoms with E-state index >= 15 is 0 Å². The molecular weight excluding hydrogens is 316 g/mol. The molecule has 0 unspecified atom stereocenters. The Bertz CT molecular complexity index is 507. The second-order valence-electron chi connectivity index (χ2n) is 6.22. The molecule has 1 aliphatic carbocycles. The molecule has 3 N–H and O–H groups in total. The lowest BCUT2D eigenvalue weighted by Crippen LogP contribution is -2.37. The van der Waals surface area contributed by atoms with Gasteiger partial charge in [0.05, 0.1) is 0 Å². The minimum atomic E-state index is -0.0256. The average Bonchev–Trinajstić information content (AvgIpc) is 2.41. The van der Waals surface area contributed by atoms with Crippen LogP contribution in [0.15, 0.2) is 16.6 Å². The van der Waals surface area contributed by atoms with Crippen molar-refractivity contribution in [1.29, 1.82) is 0 Å². The maximum Gasteiger partial charge on any atom is 0.251 e. The molecule has 1 fully saturated rings. The molecule has 0 spiro atoms. The molecule has 0 aliphatic heterocycles. The van der Waals surface area contributed by atoms with Gasteiger partial charge in [-0.25, -0.2) is 0 Å².